The molecule has 5 nitrogen and oxygen atoms in total. The van der Waals surface area contributed by atoms with Gasteiger partial charge in [0, 0.05) is 18.8 Å². The number of halogens is 2. The van der Waals surface area contributed by atoms with Gasteiger partial charge in [0.2, 0.25) is 0 Å². The van der Waals surface area contributed by atoms with E-state index in [-0.39, 0.29) is 23.8 Å². The third-order valence-electron chi connectivity index (χ3n) is 4.83. The van der Waals surface area contributed by atoms with E-state index in [4.69, 9.17) is 4.74 Å². The predicted molar refractivity (Wildman–Crippen MR) is 85.0 cm³/mol. The molecule has 1 saturated carbocycles. The third-order valence-corrected chi connectivity index (χ3v) is 4.83. The van der Waals surface area contributed by atoms with E-state index in [9.17, 15) is 13.6 Å². The van der Waals surface area contributed by atoms with Crippen molar-refractivity contribution in [2.24, 2.45) is 5.92 Å². The predicted octanol–water partition coefficient (Wildman–Crippen LogP) is 3.40. The molecule has 2 atom stereocenters. The van der Waals surface area contributed by atoms with Crippen molar-refractivity contribution in [1.82, 2.24) is 14.7 Å². The van der Waals surface area contributed by atoms with Gasteiger partial charge in [0.1, 0.15) is 0 Å². The summed E-state index contributed by atoms with van der Waals surface area (Å²) in [5.74, 6) is 0.262. The van der Waals surface area contributed by atoms with Gasteiger partial charge in [-0.05, 0) is 38.2 Å². The Balaban J connectivity index is 1.73. The van der Waals surface area contributed by atoms with Crippen LogP contribution in [0.1, 0.15) is 61.8 Å². The fourth-order valence-corrected chi connectivity index (χ4v) is 3.31. The highest BCUT2D eigenvalue weighted by molar-refractivity contribution is 5.92. The maximum Gasteiger partial charge on any atom is 0.333 e. The first-order valence-electron chi connectivity index (χ1n) is 8.78. The second kappa shape index (κ2) is 7.17. The van der Waals surface area contributed by atoms with Gasteiger partial charge in [0.25, 0.3) is 5.91 Å². The monoisotopic (exact) mass is 341 g/mol. The molecule has 1 aromatic rings. The molecule has 0 unspecified atom stereocenters. The van der Waals surface area contributed by atoms with Gasteiger partial charge in [0.15, 0.2) is 5.69 Å². The van der Waals surface area contributed by atoms with Crippen LogP contribution in [0.3, 0.4) is 0 Å². The van der Waals surface area contributed by atoms with E-state index in [0.717, 1.165) is 32.1 Å². The number of hydrogen-bond acceptors (Lipinski definition) is 3. The molecule has 1 aliphatic heterocycles. The summed E-state index contributed by atoms with van der Waals surface area (Å²) >= 11 is 0. The van der Waals surface area contributed by atoms with Crippen molar-refractivity contribution in [3.8, 4) is 0 Å². The zero-order valence-electron chi connectivity index (χ0n) is 14.3. The van der Waals surface area contributed by atoms with Crippen LogP contribution in [0.4, 0.5) is 8.78 Å². The lowest BCUT2D eigenvalue weighted by Gasteiger charge is -2.38. The zero-order chi connectivity index (χ0) is 17.3. The number of nitrogens with zero attached hydrogens (tertiary/aromatic N) is 3. The zero-order valence-corrected chi connectivity index (χ0v) is 14.3. The van der Waals surface area contributed by atoms with E-state index in [1.807, 2.05) is 0 Å². The molecule has 2 fully saturated rings. The standard InChI is InChI=1S/C17H25F2N3O2/c1-3-4-5-13-9-21(10-15(24-13)12-6-7-12)16(23)14-8-11(2)22(20-14)17(18)19/h8,12-13,15,17H,3-7,9-10H2,1-2H3/t13-,15-/m1/s1. The second-order valence-corrected chi connectivity index (χ2v) is 6.88. The van der Waals surface area contributed by atoms with Crippen LogP contribution in [0, 0.1) is 12.8 Å². The lowest BCUT2D eigenvalue weighted by Crippen LogP contribution is -2.50. The maximum absolute atomic E-state index is 12.9. The molecular weight excluding hydrogens is 316 g/mol. The van der Waals surface area contributed by atoms with E-state index < -0.39 is 6.55 Å². The van der Waals surface area contributed by atoms with Crippen LogP contribution in [-0.2, 0) is 4.74 Å². The normalized spacial score (nSPS) is 24.6. The number of rotatable bonds is 6. The molecule has 0 radical (unpaired) electrons. The fourth-order valence-electron chi connectivity index (χ4n) is 3.31. The number of carbonyl (C=O) groups excluding carboxylic acids is 1. The number of alkyl halides is 2. The summed E-state index contributed by atoms with van der Waals surface area (Å²) in [4.78, 5) is 14.5. The Hall–Kier alpha value is -1.50. The summed E-state index contributed by atoms with van der Waals surface area (Å²) in [6.45, 7) is 1.98. The van der Waals surface area contributed by atoms with E-state index in [1.54, 1.807) is 4.90 Å². The van der Waals surface area contributed by atoms with Crippen molar-refractivity contribution in [2.45, 2.75) is 64.7 Å². The smallest absolute Gasteiger partial charge is 0.333 e. The van der Waals surface area contributed by atoms with Crippen LogP contribution >= 0.6 is 0 Å². The Labute approximate surface area is 141 Å². The molecule has 0 N–H and O–H groups in total. The Bertz CT molecular complexity index is 586. The minimum Gasteiger partial charge on any atom is -0.371 e. The van der Waals surface area contributed by atoms with E-state index >= 15 is 0 Å². The van der Waals surface area contributed by atoms with Gasteiger partial charge in [-0.25, -0.2) is 4.68 Å². The first kappa shape index (κ1) is 17.3. The summed E-state index contributed by atoms with van der Waals surface area (Å²) in [6.07, 6.45) is 5.46. The fraction of sp³-hybridized carbons (Fsp3) is 0.765. The summed E-state index contributed by atoms with van der Waals surface area (Å²) in [5, 5.41) is 3.79. The van der Waals surface area contributed by atoms with Gasteiger partial charge < -0.3 is 9.64 Å². The molecule has 1 saturated heterocycles. The Morgan fingerprint density at radius 1 is 1.42 bits per heavy atom. The van der Waals surface area contributed by atoms with Crippen molar-refractivity contribution in [3.63, 3.8) is 0 Å². The number of amides is 1. The van der Waals surface area contributed by atoms with Gasteiger partial charge in [-0.1, -0.05) is 19.8 Å². The Kier molecular flexibility index (Phi) is 5.18. The second-order valence-electron chi connectivity index (χ2n) is 6.88. The van der Waals surface area contributed by atoms with Crippen molar-refractivity contribution >= 4 is 5.91 Å². The molecular formula is C17H25F2N3O2. The summed E-state index contributed by atoms with van der Waals surface area (Å²) < 4.78 is 32.5. The summed E-state index contributed by atoms with van der Waals surface area (Å²) in [5.41, 5.74) is 0.390. The van der Waals surface area contributed by atoms with Crippen molar-refractivity contribution in [1.29, 1.82) is 0 Å². The molecule has 0 aromatic carbocycles. The quantitative estimate of drug-likeness (QED) is 0.797. The average molecular weight is 341 g/mol. The molecule has 0 bridgehead atoms. The van der Waals surface area contributed by atoms with Crippen molar-refractivity contribution in [2.75, 3.05) is 13.1 Å². The van der Waals surface area contributed by atoms with E-state index in [0.29, 0.717) is 29.4 Å². The molecule has 3 rings (SSSR count). The SMILES string of the molecule is CCCC[C@@H]1CN(C(=O)c2cc(C)n(C(F)F)n2)C[C@H](C2CC2)O1. The number of aryl methyl sites for hydroxylation is 1. The molecule has 1 aliphatic carbocycles. The molecule has 2 aliphatic rings. The van der Waals surface area contributed by atoms with Crippen LogP contribution in [0.2, 0.25) is 0 Å². The van der Waals surface area contributed by atoms with Gasteiger partial charge >= 0.3 is 6.55 Å². The number of aromatic nitrogens is 2. The number of morpholine rings is 1. The molecule has 1 aromatic heterocycles. The highest BCUT2D eigenvalue weighted by atomic mass is 19.3. The lowest BCUT2D eigenvalue weighted by atomic mass is 10.1. The molecule has 0 spiro atoms. The van der Waals surface area contributed by atoms with Crippen LogP contribution in [0.5, 0.6) is 0 Å². The van der Waals surface area contributed by atoms with E-state index in [2.05, 4.69) is 12.0 Å². The van der Waals surface area contributed by atoms with Crippen LogP contribution in [-0.4, -0.2) is 45.9 Å². The lowest BCUT2D eigenvalue weighted by molar-refractivity contribution is -0.0875. The molecule has 1 amide bonds. The number of hydrogen-bond donors (Lipinski definition) is 0. The number of unbranched alkanes of at least 4 members (excludes halogenated alkanes) is 1. The van der Waals surface area contributed by atoms with Gasteiger partial charge in [-0.2, -0.15) is 13.9 Å². The molecule has 2 heterocycles. The summed E-state index contributed by atoms with van der Waals surface area (Å²) in [6, 6.07) is 1.44. The number of ether oxygens (including phenoxy) is 1. The minimum atomic E-state index is -2.73. The number of carbonyl (C=O) groups is 1. The first-order valence-corrected chi connectivity index (χ1v) is 8.78. The van der Waals surface area contributed by atoms with Gasteiger partial charge in [-0.15, -0.1) is 0 Å². The Morgan fingerprint density at radius 3 is 2.75 bits per heavy atom. The topological polar surface area (TPSA) is 47.4 Å². The van der Waals surface area contributed by atoms with E-state index in [1.165, 1.54) is 13.0 Å². The van der Waals surface area contributed by atoms with Crippen molar-refractivity contribution < 1.29 is 18.3 Å². The molecule has 134 valence electrons. The average Bonchev–Trinajstić information content (AvgIpc) is 3.34. The largest absolute Gasteiger partial charge is 0.371 e. The third kappa shape index (κ3) is 3.77. The van der Waals surface area contributed by atoms with Crippen molar-refractivity contribution in [3.05, 3.63) is 17.5 Å². The highest BCUT2D eigenvalue weighted by Gasteiger charge is 2.40. The van der Waals surface area contributed by atoms with Gasteiger partial charge in [0.05, 0.1) is 12.2 Å². The maximum atomic E-state index is 12.9. The first-order chi connectivity index (χ1) is 11.5. The Morgan fingerprint density at radius 2 is 2.17 bits per heavy atom. The van der Waals surface area contributed by atoms with Crippen LogP contribution < -0.4 is 0 Å². The molecule has 7 heteroatoms. The summed E-state index contributed by atoms with van der Waals surface area (Å²) in [7, 11) is 0. The highest BCUT2D eigenvalue weighted by Crippen LogP contribution is 2.37. The van der Waals surface area contributed by atoms with Gasteiger partial charge in [-0.3, -0.25) is 4.79 Å². The minimum absolute atomic E-state index is 0.0338. The van der Waals surface area contributed by atoms with Crippen LogP contribution in [0.25, 0.3) is 0 Å². The molecule has 24 heavy (non-hydrogen) atoms. The van der Waals surface area contributed by atoms with Crippen LogP contribution in [0.15, 0.2) is 6.07 Å².